The summed E-state index contributed by atoms with van der Waals surface area (Å²) in [5, 5.41) is 0. The van der Waals surface area contributed by atoms with E-state index in [9.17, 15) is 0 Å². The molecule has 0 aromatic rings. The third-order valence-corrected chi connectivity index (χ3v) is 2.77. The van der Waals surface area contributed by atoms with E-state index in [0.29, 0.717) is 12.1 Å². The van der Waals surface area contributed by atoms with Crippen LogP contribution in [0.2, 0.25) is 0 Å². The van der Waals surface area contributed by atoms with Gasteiger partial charge in [-0.2, -0.15) is 0 Å². The molecular weight excluding hydrogens is 200 g/mol. The fourth-order valence-electron chi connectivity index (χ4n) is 1.69. The summed E-state index contributed by atoms with van der Waals surface area (Å²) in [6, 6.07) is 0.313. The zero-order valence-electron chi connectivity index (χ0n) is 11.3. The maximum Gasteiger partial charge on any atom is 0.0636 e. The van der Waals surface area contributed by atoms with Crippen LogP contribution in [0, 0.1) is 0 Å². The fraction of sp³-hybridized carbons (Fsp3) is 1.00. The van der Waals surface area contributed by atoms with Crippen LogP contribution >= 0.6 is 0 Å². The van der Waals surface area contributed by atoms with Crippen molar-refractivity contribution in [1.29, 1.82) is 0 Å². The van der Waals surface area contributed by atoms with E-state index in [1.165, 1.54) is 38.5 Å². The first-order chi connectivity index (χ1) is 7.70. The minimum Gasteiger partial charge on any atom is -0.377 e. The molecule has 3 nitrogen and oxygen atoms in total. The van der Waals surface area contributed by atoms with Crippen molar-refractivity contribution in [3.8, 4) is 0 Å². The number of hydrogen-bond acceptors (Lipinski definition) is 3. The van der Waals surface area contributed by atoms with E-state index < -0.39 is 0 Å². The van der Waals surface area contributed by atoms with Gasteiger partial charge in [0.05, 0.1) is 12.7 Å². The van der Waals surface area contributed by atoms with Gasteiger partial charge in [0, 0.05) is 6.04 Å². The summed E-state index contributed by atoms with van der Waals surface area (Å²) in [5.74, 6) is 5.49. The predicted octanol–water partition coefficient (Wildman–Crippen LogP) is 2.99. The SMILES string of the molecule is CCCCCCCCC(COC(C)C)NN. The number of unbranched alkanes of at least 4 members (excludes halogenated alkanes) is 5. The van der Waals surface area contributed by atoms with Crippen molar-refractivity contribution in [2.75, 3.05) is 6.61 Å². The third-order valence-electron chi connectivity index (χ3n) is 2.77. The highest BCUT2D eigenvalue weighted by molar-refractivity contribution is 4.63. The molecule has 1 atom stereocenters. The monoisotopic (exact) mass is 230 g/mol. The van der Waals surface area contributed by atoms with Crippen LogP contribution < -0.4 is 11.3 Å². The number of hydrazine groups is 1. The molecule has 0 rings (SSSR count). The highest BCUT2D eigenvalue weighted by Crippen LogP contribution is 2.09. The quantitative estimate of drug-likeness (QED) is 0.326. The molecule has 0 amide bonds. The molecule has 0 saturated heterocycles. The molecule has 0 aliphatic heterocycles. The Morgan fingerprint density at radius 1 is 1.06 bits per heavy atom. The predicted molar refractivity (Wildman–Crippen MR) is 70.2 cm³/mol. The average Bonchev–Trinajstić information content (AvgIpc) is 2.27. The number of hydrogen-bond donors (Lipinski definition) is 2. The molecule has 0 spiro atoms. The Bertz CT molecular complexity index is 140. The van der Waals surface area contributed by atoms with Crippen LogP contribution in [0.5, 0.6) is 0 Å². The van der Waals surface area contributed by atoms with Gasteiger partial charge in [0.25, 0.3) is 0 Å². The number of nitrogens with two attached hydrogens (primary N) is 1. The topological polar surface area (TPSA) is 47.3 Å². The van der Waals surface area contributed by atoms with E-state index in [1.54, 1.807) is 0 Å². The molecule has 0 aromatic carbocycles. The zero-order valence-corrected chi connectivity index (χ0v) is 11.3. The number of rotatable bonds is 11. The Labute approximate surface area is 101 Å². The van der Waals surface area contributed by atoms with Gasteiger partial charge >= 0.3 is 0 Å². The summed E-state index contributed by atoms with van der Waals surface area (Å²) in [5.41, 5.74) is 2.83. The minimum atomic E-state index is 0.292. The molecule has 3 heteroatoms. The lowest BCUT2D eigenvalue weighted by Gasteiger charge is -2.17. The van der Waals surface area contributed by atoms with E-state index in [2.05, 4.69) is 26.2 Å². The lowest BCUT2D eigenvalue weighted by atomic mass is 10.1. The van der Waals surface area contributed by atoms with Crippen molar-refractivity contribution < 1.29 is 4.74 Å². The van der Waals surface area contributed by atoms with Crippen LogP contribution in [0.3, 0.4) is 0 Å². The molecule has 0 saturated carbocycles. The van der Waals surface area contributed by atoms with Gasteiger partial charge in [0.15, 0.2) is 0 Å². The van der Waals surface area contributed by atoms with Crippen LogP contribution in [-0.4, -0.2) is 18.8 Å². The Hall–Kier alpha value is -0.120. The van der Waals surface area contributed by atoms with Gasteiger partial charge in [-0.1, -0.05) is 45.4 Å². The van der Waals surface area contributed by atoms with Crippen LogP contribution in [0.1, 0.15) is 65.7 Å². The average molecular weight is 230 g/mol. The van der Waals surface area contributed by atoms with E-state index in [4.69, 9.17) is 10.6 Å². The van der Waals surface area contributed by atoms with Crippen molar-refractivity contribution in [1.82, 2.24) is 5.43 Å². The third kappa shape index (κ3) is 10.4. The molecule has 98 valence electrons. The van der Waals surface area contributed by atoms with E-state index in [-0.39, 0.29) is 0 Å². The first-order valence-corrected chi connectivity index (χ1v) is 6.78. The molecule has 0 fully saturated rings. The van der Waals surface area contributed by atoms with Crippen molar-refractivity contribution in [3.05, 3.63) is 0 Å². The van der Waals surface area contributed by atoms with Crippen molar-refractivity contribution in [2.24, 2.45) is 5.84 Å². The largest absolute Gasteiger partial charge is 0.377 e. The van der Waals surface area contributed by atoms with Gasteiger partial charge in [-0.25, -0.2) is 0 Å². The lowest BCUT2D eigenvalue weighted by molar-refractivity contribution is 0.0590. The molecule has 1 unspecified atom stereocenters. The highest BCUT2D eigenvalue weighted by atomic mass is 16.5. The fourth-order valence-corrected chi connectivity index (χ4v) is 1.69. The van der Waals surface area contributed by atoms with E-state index in [0.717, 1.165) is 13.0 Å². The first kappa shape index (κ1) is 15.9. The maximum absolute atomic E-state index is 5.55. The normalized spacial score (nSPS) is 13.3. The highest BCUT2D eigenvalue weighted by Gasteiger charge is 2.07. The Balaban J connectivity index is 3.33. The standard InChI is InChI=1S/C13H30N2O/c1-4-5-6-7-8-9-10-13(15-14)11-16-12(2)3/h12-13,15H,4-11,14H2,1-3H3. The lowest BCUT2D eigenvalue weighted by Crippen LogP contribution is -2.39. The van der Waals surface area contributed by atoms with Crippen LogP contribution in [0.4, 0.5) is 0 Å². The van der Waals surface area contributed by atoms with Gasteiger partial charge in [-0.05, 0) is 20.3 Å². The Morgan fingerprint density at radius 3 is 2.25 bits per heavy atom. The van der Waals surface area contributed by atoms with Gasteiger partial charge in [-0.15, -0.1) is 0 Å². The van der Waals surface area contributed by atoms with Gasteiger partial charge in [0.2, 0.25) is 0 Å². The molecule has 0 radical (unpaired) electrons. The van der Waals surface area contributed by atoms with Crippen molar-refractivity contribution >= 4 is 0 Å². The van der Waals surface area contributed by atoms with E-state index in [1.807, 2.05) is 0 Å². The molecule has 16 heavy (non-hydrogen) atoms. The van der Waals surface area contributed by atoms with Crippen molar-refractivity contribution in [3.63, 3.8) is 0 Å². The second-order valence-electron chi connectivity index (χ2n) is 4.80. The smallest absolute Gasteiger partial charge is 0.0636 e. The molecule has 0 aromatic heterocycles. The first-order valence-electron chi connectivity index (χ1n) is 6.78. The summed E-state index contributed by atoms with van der Waals surface area (Å²) in [6.45, 7) is 7.08. The van der Waals surface area contributed by atoms with Crippen LogP contribution in [0.25, 0.3) is 0 Å². The van der Waals surface area contributed by atoms with Gasteiger partial charge in [-0.3, -0.25) is 11.3 Å². The molecular formula is C13H30N2O. The zero-order chi connectivity index (χ0) is 12.2. The van der Waals surface area contributed by atoms with E-state index >= 15 is 0 Å². The van der Waals surface area contributed by atoms with Crippen LogP contribution in [-0.2, 0) is 4.74 Å². The molecule has 0 aliphatic carbocycles. The molecule has 0 heterocycles. The number of ether oxygens (including phenoxy) is 1. The maximum atomic E-state index is 5.55. The molecule has 0 aliphatic rings. The van der Waals surface area contributed by atoms with Crippen molar-refractivity contribution in [2.45, 2.75) is 77.9 Å². The minimum absolute atomic E-state index is 0.292. The molecule has 0 bridgehead atoms. The second-order valence-corrected chi connectivity index (χ2v) is 4.80. The summed E-state index contributed by atoms with van der Waals surface area (Å²) in [6.07, 6.45) is 9.40. The van der Waals surface area contributed by atoms with Gasteiger partial charge in [0.1, 0.15) is 0 Å². The summed E-state index contributed by atoms with van der Waals surface area (Å²) in [7, 11) is 0. The second kappa shape index (κ2) is 11.4. The Kier molecular flexibility index (Phi) is 11.3. The Morgan fingerprint density at radius 2 is 1.69 bits per heavy atom. The van der Waals surface area contributed by atoms with Crippen LogP contribution in [0.15, 0.2) is 0 Å². The van der Waals surface area contributed by atoms with Gasteiger partial charge < -0.3 is 4.74 Å². The summed E-state index contributed by atoms with van der Waals surface area (Å²) >= 11 is 0. The summed E-state index contributed by atoms with van der Waals surface area (Å²) in [4.78, 5) is 0. The number of nitrogens with one attached hydrogen (secondary N) is 1. The summed E-state index contributed by atoms with van der Waals surface area (Å²) < 4.78 is 5.55. The molecule has 3 N–H and O–H groups in total.